The van der Waals surface area contributed by atoms with Crippen molar-refractivity contribution < 1.29 is 9.53 Å². The predicted molar refractivity (Wildman–Crippen MR) is 107 cm³/mol. The summed E-state index contributed by atoms with van der Waals surface area (Å²) in [4.78, 5) is 24.1. The first-order valence-electron chi connectivity index (χ1n) is 9.28. The van der Waals surface area contributed by atoms with Gasteiger partial charge in [0.15, 0.2) is 0 Å². The number of hydrogen-bond acceptors (Lipinski definition) is 7. The molecule has 0 aliphatic heterocycles. The Morgan fingerprint density at radius 2 is 1.86 bits per heavy atom. The van der Waals surface area contributed by atoms with Crippen LogP contribution >= 0.6 is 0 Å². The normalized spacial score (nSPS) is 19.3. The van der Waals surface area contributed by atoms with Gasteiger partial charge in [0.1, 0.15) is 17.1 Å². The van der Waals surface area contributed by atoms with E-state index in [-0.39, 0.29) is 6.10 Å². The van der Waals surface area contributed by atoms with Gasteiger partial charge in [-0.2, -0.15) is 0 Å². The topological polar surface area (TPSA) is 129 Å². The molecule has 1 aromatic carbocycles. The van der Waals surface area contributed by atoms with E-state index in [1.807, 2.05) is 6.07 Å². The molecular weight excluding hydrogens is 356 g/mol. The lowest BCUT2D eigenvalue weighted by Gasteiger charge is -2.30. The molecule has 1 fully saturated rings. The smallest absolute Gasteiger partial charge is 0.250 e. The van der Waals surface area contributed by atoms with Crippen molar-refractivity contribution >= 4 is 28.4 Å². The van der Waals surface area contributed by atoms with Gasteiger partial charge in [0, 0.05) is 36.4 Å². The number of carbonyl (C=O) groups excluding carboxylic acids is 1. The molecule has 1 amide bonds. The van der Waals surface area contributed by atoms with Crippen LogP contribution in [0.15, 0.2) is 42.9 Å². The summed E-state index contributed by atoms with van der Waals surface area (Å²) in [6.07, 6.45) is 8.63. The first-order valence-corrected chi connectivity index (χ1v) is 9.28. The fourth-order valence-electron chi connectivity index (χ4n) is 3.49. The molecule has 0 atom stereocenters. The van der Waals surface area contributed by atoms with Crippen molar-refractivity contribution in [1.29, 1.82) is 0 Å². The minimum absolute atomic E-state index is 0.107. The van der Waals surface area contributed by atoms with Gasteiger partial charge in [-0.15, -0.1) is 0 Å². The van der Waals surface area contributed by atoms with Gasteiger partial charge in [-0.1, -0.05) is 0 Å². The number of anilines is 2. The summed E-state index contributed by atoms with van der Waals surface area (Å²) in [6, 6.07) is 7.38. The van der Waals surface area contributed by atoms with Gasteiger partial charge >= 0.3 is 0 Å². The SMILES string of the molecule is NC(=O)c1ccc(NC2CCC(Oc3cc(N)cc4nccnc34)CC2)nc1. The molecular formula is C20H22N6O2. The molecule has 28 heavy (non-hydrogen) atoms. The molecule has 2 heterocycles. The number of primary amides is 1. The Kier molecular flexibility index (Phi) is 4.92. The first kappa shape index (κ1) is 18.0. The fourth-order valence-corrected chi connectivity index (χ4v) is 3.49. The maximum Gasteiger partial charge on any atom is 0.250 e. The molecule has 0 saturated heterocycles. The highest BCUT2D eigenvalue weighted by Gasteiger charge is 2.23. The van der Waals surface area contributed by atoms with E-state index in [0.717, 1.165) is 42.5 Å². The highest BCUT2D eigenvalue weighted by Crippen LogP contribution is 2.30. The van der Waals surface area contributed by atoms with Crippen molar-refractivity contribution in [2.45, 2.75) is 37.8 Å². The Bertz CT molecular complexity index is 984. The fraction of sp³-hybridized carbons (Fsp3) is 0.300. The average molecular weight is 378 g/mol. The minimum Gasteiger partial charge on any atom is -0.488 e. The highest BCUT2D eigenvalue weighted by atomic mass is 16.5. The van der Waals surface area contributed by atoms with Crippen molar-refractivity contribution in [2.75, 3.05) is 11.1 Å². The third-order valence-corrected chi connectivity index (χ3v) is 4.93. The van der Waals surface area contributed by atoms with Gasteiger partial charge in [-0.3, -0.25) is 9.78 Å². The summed E-state index contributed by atoms with van der Waals surface area (Å²) >= 11 is 0. The van der Waals surface area contributed by atoms with Crippen LogP contribution in [0.3, 0.4) is 0 Å². The zero-order valence-electron chi connectivity index (χ0n) is 15.3. The van der Waals surface area contributed by atoms with Crippen LogP contribution in [0, 0.1) is 0 Å². The average Bonchev–Trinajstić information content (AvgIpc) is 2.70. The lowest BCUT2D eigenvalue weighted by Crippen LogP contribution is -2.31. The Morgan fingerprint density at radius 1 is 1.07 bits per heavy atom. The summed E-state index contributed by atoms with van der Waals surface area (Å²) < 4.78 is 6.21. The summed E-state index contributed by atoms with van der Waals surface area (Å²) in [5.41, 5.74) is 13.7. The summed E-state index contributed by atoms with van der Waals surface area (Å²) in [5.74, 6) is 0.949. The number of aromatic nitrogens is 3. The van der Waals surface area contributed by atoms with Crippen molar-refractivity contribution in [3.05, 3.63) is 48.4 Å². The second-order valence-corrected chi connectivity index (χ2v) is 6.98. The Balaban J connectivity index is 1.36. The molecule has 8 heteroatoms. The molecule has 0 radical (unpaired) electrons. The molecule has 1 aliphatic rings. The van der Waals surface area contributed by atoms with E-state index in [1.165, 1.54) is 6.20 Å². The number of carbonyl (C=O) groups is 1. The summed E-state index contributed by atoms with van der Waals surface area (Å²) in [7, 11) is 0. The van der Waals surface area contributed by atoms with Gasteiger partial charge in [-0.05, 0) is 43.9 Å². The number of rotatable bonds is 5. The molecule has 0 bridgehead atoms. The number of pyridine rings is 1. The van der Waals surface area contributed by atoms with Crippen molar-refractivity contribution in [2.24, 2.45) is 5.73 Å². The van der Waals surface area contributed by atoms with Crippen LogP contribution < -0.4 is 21.5 Å². The number of hydrogen-bond donors (Lipinski definition) is 3. The molecule has 4 rings (SSSR count). The Labute approximate surface area is 162 Å². The van der Waals surface area contributed by atoms with Crippen molar-refractivity contribution in [3.8, 4) is 5.75 Å². The van der Waals surface area contributed by atoms with Gasteiger partial charge in [0.2, 0.25) is 5.91 Å². The molecule has 3 aromatic rings. The second-order valence-electron chi connectivity index (χ2n) is 6.98. The maximum absolute atomic E-state index is 11.1. The number of ether oxygens (including phenoxy) is 1. The summed E-state index contributed by atoms with van der Waals surface area (Å²) in [5, 5.41) is 3.41. The van der Waals surface area contributed by atoms with Gasteiger partial charge in [0.05, 0.1) is 17.2 Å². The van der Waals surface area contributed by atoms with Crippen molar-refractivity contribution in [1.82, 2.24) is 15.0 Å². The van der Waals surface area contributed by atoms with Crippen LogP contribution in [0.4, 0.5) is 11.5 Å². The number of amides is 1. The second kappa shape index (κ2) is 7.67. The lowest BCUT2D eigenvalue weighted by molar-refractivity contribution is 0.1000. The largest absolute Gasteiger partial charge is 0.488 e. The monoisotopic (exact) mass is 378 g/mol. The molecule has 1 saturated carbocycles. The molecule has 0 unspecified atom stereocenters. The molecule has 1 aliphatic carbocycles. The van der Waals surface area contributed by atoms with Crippen LogP contribution in [0.5, 0.6) is 5.75 Å². The van der Waals surface area contributed by atoms with Gasteiger partial charge < -0.3 is 21.5 Å². The standard InChI is InChI=1S/C20H22N6O2/c21-13-9-16-19(24-8-7-23-16)17(10-13)28-15-4-2-14(3-5-15)26-18-6-1-12(11-25-18)20(22)27/h1,6-11,14-15H,2-5,21H2,(H2,22,27)(H,25,26). The quantitative estimate of drug-likeness (QED) is 0.582. The van der Waals surface area contributed by atoms with Crippen LogP contribution in [0.1, 0.15) is 36.0 Å². The molecule has 5 N–H and O–H groups in total. The number of nitrogens with two attached hydrogens (primary N) is 2. The van der Waals surface area contributed by atoms with Crippen LogP contribution in [0.2, 0.25) is 0 Å². The predicted octanol–water partition coefficient (Wildman–Crippen LogP) is 2.51. The van der Waals surface area contributed by atoms with E-state index in [0.29, 0.717) is 23.0 Å². The van der Waals surface area contributed by atoms with Crippen LogP contribution in [-0.4, -0.2) is 33.0 Å². The maximum atomic E-state index is 11.1. The number of fused-ring (bicyclic) bond motifs is 1. The Hall–Kier alpha value is -3.42. The van der Waals surface area contributed by atoms with E-state index >= 15 is 0 Å². The van der Waals surface area contributed by atoms with E-state index in [2.05, 4.69) is 20.3 Å². The third kappa shape index (κ3) is 3.95. The third-order valence-electron chi connectivity index (χ3n) is 4.93. The first-order chi connectivity index (χ1) is 13.6. The van der Waals surface area contributed by atoms with E-state index < -0.39 is 5.91 Å². The van der Waals surface area contributed by atoms with Crippen LogP contribution in [-0.2, 0) is 0 Å². The van der Waals surface area contributed by atoms with Crippen molar-refractivity contribution in [3.63, 3.8) is 0 Å². The van der Waals surface area contributed by atoms with Gasteiger partial charge in [0.25, 0.3) is 0 Å². The zero-order valence-corrected chi connectivity index (χ0v) is 15.3. The summed E-state index contributed by atoms with van der Waals surface area (Å²) in [6.45, 7) is 0. The lowest BCUT2D eigenvalue weighted by atomic mass is 9.93. The molecule has 0 spiro atoms. The molecule has 144 valence electrons. The van der Waals surface area contributed by atoms with Gasteiger partial charge in [-0.25, -0.2) is 9.97 Å². The number of benzene rings is 1. The van der Waals surface area contributed by atoms with Crippen LogP contribution in [0.25, 0.3) is 11.0 Å². The number of nitrogens with zero attached hydrogens (tertiary/aromatic N) is 3. The highest BCUT2D eigenvalue weighted by molar-refractivity contribution is 5.92. The number of nitrogens with one attached hydrogen (secondary N) is 1. The minimum atomic E-state index is -0.476. The Morgan fingerprint density at radius 3 is 2.57 bits per heavy atom. The molecule has 8 nitrogen and oxygen atoms in total. The number of nitrogen functional groups attached to an aromatic ring is 1. The van der Waals surface area contributed by atoms with E-state index in [1.54, 1.807) is 30.6 Å². The van der Waals surface area contributed by atoms with E-state index in [4.69, 9.17) is 16.2 Å². The zero-order chi connectivity index (χ0) is 19.5. The van der Waals surface area contributed by atoms with E-state index in [9.17, 15) is 4.79 Å². The molecule has 2 aromatic heterocycles.